The molecule has 0 fully saturated rings. The third kappa shape index (κ3) is 3.70. The van der Waals surface area contributed by atoms with E-state index in [0.29, 0.717) is 30.2 Å². The summed E-state index contributed by atoms with van der Waals surface area (Å²) in [6.07, 6.45) is 1.55. The van der Waals surface area contributed by atoms with E-state index in [1.807, 2.05) is 0 Å². The van der Waals surface area contributed by atoms with Gasteiger partial charge in [-0.15, -0.1) is 0 Å². The van der Waals surface area contributed by atoms with Crippen molar-refractivity contribution in [2.45, 2.75) is 0 Å². The summed E-state index contributed by atoms with van der Waals surface area (Å²) in [6, 6.07) is 9.94. The second-order valence-corrected chi connectivity index (χ2v) is 4.45. The number of aryl methyl sites for hydroxylation is 1. The molecule has 0 aliphatic heterocycles. The zero-order valence-corrected chi connectivity index (χ0v) is 11.7. The zero-order valence-electron chi connectivity index (χ0n) is 11.7. The molecule has 0 unspecified atom stereocenters. The van der Waals surface area contributed by atoms with Gasteiger partial charge in [-0.05, 0) is 18.2 Å². The summed E-state index contributed by atoms with van der Waals surface area (Å²) < 4.78 is 6.86. The first-order valence-corrected chi connectivity index (χ1v) is 6.52. The van der Waals surface area contributed by atoms with Crippen LogP contribution in [0.25, 0.3) is 0 Å². The van der Waals surface area contributed by atoms with Crippen molar-refractivity contribution in [1.82, 2.24) is 4.57 Å². The zero-order chi connectivity index (χ0) is 15.2. The van der Waals surface area contributed by atoms with E-state index in [2.05, 4.69) is 5.32 Å². The van der Waals surface area contributed by atoms with E-state index < -0.39 is 0 Å². The highest BCUT2D eigenvalue weighted by Crippen LogP contribution is 2.24. The second kappa shape index (κ2) is 6.71. The molecule has 2 rings (SSSR count). The molecule has 1 amide bonds. The van der Waals surface area contributed by atoms with Crippen molar-refractivity contribution in [2.75, 3.05) is 18.5 Å². The molecule has 1 heterocycles. The van der Waals surface area contributed by atoms with Gasteiger partial charge in [0.15, 0.2) is 0 Å². The standard InChI is InChI=1S/C15H17N3O3/c1-18-8-6-11(10-14(18)19)15(20)17-12-4-2-3-5-13(12)21-9-7-16/h2-6,8,10H,7,9,16H2,1H3,(H,17,20). The van der Waals surface area contributed by atoms with Gasteiger partial charge in [-0.3, -0.25) is 9.59 Å². The van der Waals surface area contributed by atoms with Crippen molar-refractivity contribution in [3.63, 3.8) is 0 Å². The molecule has 6 nitrogen and oxygen atoms in total. The number of rotatable bonds is 5. The van der Waals surface area contributed by atoms with Gasteiger partial charge in [0.1, 0.15) is 12.4 Å². The summed E-state index contributed by atoms with van der Waals surface area (Å²) in [6.45, 7) is 0.746. The molecule has 6 heteroatoms. The Bertz CT molecular complexity index is 695. The number of nitrogens with one attached hydrogen (secondary N) is 1. The van der Waals surface area contributed by atoms with E-state index in [0.717, 1.165) is 0 Å². The maximum absolute atomic E-state index is 12.2. The highest BCUT2D eigenvalue weighted by Gasteiger charge is 2.10. The lowest BCUT2D eigenvalue weighted by molar-refractivity contribution is 0.102. The number of hydrogen-bond acceptors (Lipinski definition) is 4. The van der Waals surface area contributed by atoms with Crippen molar-refractivity contribution in [3.05, 3.63) is 58.5 Å². The summed E-state index contributed by atoms with van der Waals surface area (Å²) in [5, 5.41) is 2.73. The molecule has 2 aromatic rings. The van der Waals surface area contributed by atoms with Crippen molar-refractivity contribution >= 4 is 11.6 Å². The van der Waals surface area contributed by atoms with E-state index in [-0.39, 0.29) is 11.5 Å². The highest BCUT2D eigenvalue weighted by atomic mass is 16.5. The van der Waals surface area contributed by atoms with E-state index in [1.54, 1.807) is 43.6 Å². The van der Waals surface area contributed by atoms with E-state index in [1.165, 1.54) is 10.6 Å². The molecule has 0 aliphatic carbocycles. The molecule has 1 aromatic heterocycles. The average molecular weight is 287 g/mol. The lowest BCUT2D eigenvalue weighted by Crippen LogP contribution is -2.20. The maximum Gasteiger partial charge on any atom is 0.256 e. The van der Waals surface area contributed by atoms with Crippen LogP contribution in [-0.2, 0) is 7.05 Å². The fraction of sp³-hybridized carbons (Fsp3) is 0.200. The number of nitrogens with two attached hydrogens (primary N) is 1. The Morgan fingerprint density at radius 1 is 1.33 bits per heavy atom. The minimum Gasteiger partial charge on any atom is -0.490 e. The summed E-state index contributed by atoms with van der Waals surface area (Å²) in [5.41, 5.74) is 6.00. The van der Waals surface area contributed by atoms with Crippen LogP contribution in [0, 0.1) is 0 Å². The first kappa shape index (κ1) is 14.8. The van der Waals surface area contributed by atoms with Crippen LogP contribution in [0.5, 0.6) is 5.75 Å². The largest absolute Gasteiger partial charge is 0.490 e. The van der Waals surface area contributed by atoms with E-state index in [4.69, 9.17) is 10.5 Å². The molecule has 1 aromatic carbocycles. The van der Waals surface area contributed by atoms with Crippen LogP contribution in [0.15, 0.2) is 47.4 Å². The van der Waals surface area contributed by atoms with Gasteiger partial charge in [-0.25, -0.2) is 0 Å². The predicted octanol–water partition coefficient (Wildman–Crippen LogP) is 0.975. The van der Waals surface area contributed by atoms with Gasteiger partial charge >= 0.3 is 0 Å². The summed E-state index contributed by atoms with van der Waals surface area (Å²) in [7, 11) is 1.62. The Labute approximate surface area is 122 Å². The Hall–Kier alpha value is -2.60. The first-order chi connectivity index (χ1) is 10.1. The third-order valence-electron chi connectivity index (χ3n) is 2.88. The highest BCUT2D eigenvalue weighted by molar-refractivity contribution is 6.04. The SMILES string of the molecule is Cn1ccc(C(=O)Nc2ccccc2OCCN)cc1=O. The number of hydrogen-bond donors (Lipinski definition) is 2. The molecule has 0 bridgehead atoms. The van der Waals surface area contributed by atoms with Crippen molar-refractivity contribution in [1.29, 1.82) is 0 Å². The Kier molecular flexibility index (Phi) is 4.73. The second-order valence-electron chi connectivity index (χ2n) is 4.45. The van der Waals surface area contributed by atoms with Crippen LogP contribution >= 0.6 is 0 Å². The van der Waals surface area contributed by atoms with Gasteiger partial charge in [-0.2, -0.15) is 0 Å². The first-order valence-electron chi connectivity index (χ1n) is 6.52. The van der Waals surface area contributed by atoms with E-state index in [9.17, 15) is 9.59 Å². The van der Waals surface area contributed by atoms with Crippen LogP contribution in [0.4, 0.5) is 5.69 Å². The van der Waals surface area contributed by atoms with Gasteiger partial charge in [-0.1, -0.05) is 12.1 Å². The fourth-order valence-corrected chi connectivity index (χ4v) is 1.75. The molecular weight excluding hydrogens is 270 g/mol. The van der Waals surface area contributed by atoms with Crippen LogP contribution in [0.1, 0.15) is 10.4 Å². The van der Waals surface area contributed by atoms with Gasteiger partial charge in [0.05, 0.1) is 5.69 Å². The predicted molar refractivity (Wildman–Crippen MR) is 80.6 cm³/mol. The number of aromatic nitrogens is 1. The molecule has 110 valence electrons. The lowest BCUT2D eigenvalue weighted by atomic mass is 10.2. The monoisotopic (exact) mass is 287 g/mol. The number of pyridine rings is 1. The van der Waals surface area contributed by atoms with Gasteiger partial charge in [0.2, 0.25) is 0 Å². The number of amides is 1. The Morgan fingerprint density at radius 2 is 2.10 bits per heavy atom. The van der Waals surface area contributed by atoms with Crippen molar-refractivity contribution < 1.29 is 9.53 Å². The molecule has 0 radical (unpaired) electrons. The third-order valence-corrected chi connectivity index (χ3v) is 2.88. The lowest BCUT2D eigenvalue weighted by Gasteiger charge is -2.12. The van der Waals surface area contributed by atoms with E-state index >= 15 is 0 Å². The van der Waals surface area contributed by atoms with Crippen LogP contribution in [0.2, 0.25) is 0 Å². The number of nitrogens with zero attached hydrogens (tertiary/aromatic N) is 1. The van der Waals surface area contributed by atoms with Gasteiger partial charge < -0.3 is 20.4 Å². The molecule has 0 saturated heterocycles. The fourth-order valence-electron chi connectivity index (χ4n) is 1.75. The van der Waals surface area contributed by atoms with Crippen LogP contribution in [0.3, 0.4) is 0 Å². The molecule has 0 spiro atoms. The van der Waals surface area contributed by atoms with Crippen LogP contribution in [-0.4, -0.2) is 23.6 Å². The summed E-state index contributed by atoms with van der Waals surface area (Å²) >= 11 is 0. The Morgan fingerprint density at radius 3 is 2.81 bits per heavy atom. The molecular formula is C15H17N3O3. The summed E-state index contributed by atoms with van der Waals surface area (Å²) in [5.74, 6) is 0.177. The number of carbonyl (C=O) groups excluding carboxylic acids is 1. The summed E-state index contributed by atoms with van der Waals surface area (Å²) in [4.78, 5) is 23.7. The van der Waals surface area contributed by atoms with Crippen LogP contribution < -0.4 is 21.3 Å². The van der Waals surface area contributed by atoms with Crippen molar-refractivity contribution in [3.8, 4) is 5.75 Å². The quantitative estimate of drug-likeness (QED) is 0.858. The molecule has 3 N–H and O–H groups in total. The van der Waals surface area contributed by atoms with Gasteiger partial charge in [0.25, 0.3) is 11.5 Å². The minimum absolute atomic E-state index is 0.240. The molecule has 0 saturated carbocycles. The molecule has 0 atom stereocenters. The number of anilines is 1. The van der Waals surface area contributed by atoms with Crippen molar-refractivity contribution in [2.24, 2.45) is 12.8 Å². The molecule has 0 aliphatic rings. The molecule has 21 heavy (non-hydrogen) atoms. The minimum atomic E-state index is -0.364. The number of carbonyl (C=O) groups is 1. The number of para-hydroxylation sites is 2. The van der Waals surface area contributed by atoms with Gasteiger partial charge in [0, 0.05) is 31.4 Å². The average Bonchev–Trinajstić information content (AvgIpc) is 2.49. The topological polar surface area (TPSA) is 86.3 Å². The Balaban J connectivity index is 2.19. The number of benzene rings is 1. The normalized spacial score (nSPS) is 10.2. The smallest absolute Gasteiger partial charge is 0.256 e. The number of ether oxygens (including phenoxy) is 1. The maximum atomic E-state index is 12.2.